The number of carbonyl (C=O) groups is 1. The molecular formula is C25H28N4O4. The van der Waals surface area contributed by atoms with E-state index in [4.69, 9.17) is 14.2 Å². The predicted octanol–water partition coefficient (Wildman–Crippen LogP) is 3.97. The number of nitrogens with one attached hydrogen (secondary N) is 1. The van der Waals surface area contributed by atoms with E-state index < -0.39 is 0 Å². The van der Waals surface area contributed by atoms with Gasteiger partial charge in [-0.05, 0) is 50.1 Å². The maximum Gasteiger partial charge on any atom is 0.256 e. The molecule has 33 heavy (non-hydrogen) atoms. The first-order chi connectivity index (χ1) is 16.2. The Morgan fingerprint density at radius 2 is 1.91 bits per heavy atom. The number of fused-ring (bicyclic) bond motifs is 1. The zero-order chi connectivity index (χ0) is 22.6. The second-order valence-electron chi connectivity index (χ2n) is 8.42. The van der Waals surface area contributed by atoms with Crippen LogP contribution >= 0.6 is 0 Å². The molecule has 0 unspecified atom stereocenters. The van der Waals surface area contributed by atoms with Crippen molar-refractivity contribution in [3.05, 3.63) is 66.4 Å². The molecule has 1 saturated heterocycles. The summed E-state index contributed by atoms with van der Waals surface area (Å²) in [6, 6.07) is 17.5. The van der Waals surface area contributed by atoms with E-state index in [1.54, 1.807) is 24.4 Å². The minimum absolute atomic E-state index is 0.183. The average molecular weight is 449 g/mol. The number of hydrogen-bond acceptors (Lipinski definition) is 6. The minimum atomic E-state index is -0.195. The van der Waals surface area contributed by atoms with E-state index in [0.29, 0.717) is 35.5 Å². The standard InChI is InChI=1S/C25H28N4O4/c1-18(16-31-21-5-3-2-4-6-21)28-13-10-20(11-14-28)29-24(9-12-26-29)27-25(30)19-7-8-22-23(15-19)33-17-32-22/h2-9,12,15,18,20H,10-11,13-14,16-17H2,1H3,(H,27,30)/t18-/m0/s1. The average Bonchev–Trinajstić information content (AvgIpc) is 3.52. The topological polar surface area (TPSA) is 77.9 Å². The number of amides is 1. The van der Waals surface area contributed by atoms with Gasteiger partial charge in [-0.1, -0.05) is 18.2 Å². The fourth-order valence-electron chi connectivity index (χ4n) is 4.34. The van der Waals surface area contributed by atoms with Crippen LogP contribution in [0.3, 0.4) is 0 Å². The molecule has 1 aromatic heterocycles. The Kier molecular flexibility index (Phi) is 6.17. The molecule has 2 aliphatic rings. The predicted molar refractivity (Wildman–Crippen MR) is 124 cm³/mol. The number of carbonyl (C=O) groups excluding carboxylic acids is 1. The number of hydrogen-bond donors (Lipinski definition) is 1. The van der Waals surface area contributed by atoms with Crippen LogP contribution in [0.5, 0.6) is 17.2 Å². The van der Waals surface area contributed by atoms with Gasteiger partial charge < -0.3 is 19.5 Å². The summed E-state index contributed by atoms with van der Waals surface area (Å²) in [6.45, 7) is 4.96. The van der Waals surface area contributed by atoms with Crippen LogP contribution in [-0.2, 0) is 0 Å². The highest BCUT2D eigenvalue weighted by Crippen LogP contribution is 2.33. The van der Waals surface area contributed by atoms with Crippen molar-refractivity contribution in [1.29, 1.82) is 0 Å². The molecule has 2 aliphatic heterocycles. The molecule has 0 saturated carbocycles. The van der Waals surface area contributed by atoms with Gasteiger partial charge in [0.1, 0.15) is 18.2 Å². The van der Waals surface area contributed by atoms with Crippen LogP contribution in [0.15, 0.2) is 60.8 Å². The van der Waals surface area contributed by atoms with Crippen molar-refractivity contribution in [2.75, 3.05) is 31.8 Å². The molecule has 0 spiro atoms. The number of likely N-dealkylation sites (tertiary alicyclic amines) is 1. The summed E-state index contributed by atoms with van der Waals surface area (Å²) < 4.78 is 18.6. The van der Waals surface area contributed by atoms with Gasteiger partial charge in [-0.3, -0.25) is 9.69 Å². The molecule has 1 fully saturated rings. The lowest BCUT2D eigenvalue weighted by Crippen LogP contribution is -2.43. The Hall–Kier alpha value is -3.52. The zero-order valence-corrected chi connectivity index (χ0v) is 18.6. The molecule has 1 N–H and O–H groups in total. The Balaban J connectivity index is 1.16. The summed E-state index contributed by atoms with van der Waals surface area (Å²) in [6.07, 6.45) is 3.66. The van der Waals surface area contributed by atoms with Gasteiger partial charge in [-0.15, -0.1) is 0 Å². The number of benzene rings is 2. The fourth-order valence-corrected chi connectivity index (χ4v) is 4.34. The highest BCUT2D eigenvalue weighted by atomic mass is 16.7. The van der Waals surface area contributed by atoms with Crippen molar-refractivity contribution in [1.82, 2.24) is 14.7 Å². The second-order valence-corrected chi connectivity index (χ2v) is 8.42. The molecule has 5 rings (SSSR count). The molecule has 3 heterocycles. The number of ether oxygens (including phenoxy) is 3. The van der Waals surface area contributed by atoms with Crippen molar-refractivity contribution < 1.29 is 19.0 Å². The second kappa shape index (κ2) is 9.54. The minimum Gasteiger partial charge on any atom is -0.492 e. The first-order valence-corrected chi connectivity index (χ1v) is 11.3. The normalized spacial score (nSPS) is 17.0. The molecule has 2 aromatic carbocycles. The fraction of sp³-hybridized carbons (Fsp3) is 0.360. The summed E-state index contributed by atoms with van der Waals surface area (Å²) in [5.74, 6) is 2.66. The number of para-hydroxylation sites is 1. The molecule has 1 atom stereocenters. The highest BCUT2D eigenvalue weighted by Gasteiger charge is 2.26. The Morgan fingerprint density at radius 1 is 1.12 bits per heavy atom. The van der Waals surface area contributed by atoms with Crippen molar-refractivity contribution in [2.45, 2.75) is 31.8 Å². The third-order valence-corrected chi connectivity index (χ3v) is 6.25. The maximum absolute atomic E-state index is 12.8. The number of piperidine rings is 1. The van der Waals surface area contributed by atoms with E-state index in [1.807, 2.05) is 41.1 Å². The van der Waals surface area contributed by atoms with Crippen LogP contribution in [0.25, 0.3) is 0 Å². The van der Waals surface area contributed by atoms with Crippen molar-refractivity contribution in [2.24, 2.45) is 0 Å². The maximum atomic E-state index is 12.8. The van der Waals surface area contributed by atoms with Crippen molar-refractivity contribution in [3.63, 3.8) is 0 Å². The molecular weight excluding hydrogens is 420 g/mol. The van der Waals surface area contributed by atoms with Gasteiger partial charge in [0.15, 0.2) is 11.5 Å². The quantitative estimate of drug-likeness (QED) is 0.589. The summed E-state index contributed by atoms with van der Waals surface area (Å²) >= 11 is 0. The largest absolute Gasteiger partial charge is 0.492 e. The lowest BCUT2D eigenvalue weighted by atomic mass is 10.0. The highest BCUT2D eigenvalue weighted by molar-refractivity contribution is 6.04. The molecule has 8 nitrogen and oxygen atoms in total. The van der Waals surface area contributed by atoms with Crippen molar-refractivity contribution in [3.8, 4) is 17.2 Å². The van der Waals surface area contributed by atoms with Crippen LogP contribution in [-0.4, -0.2) is 53.1 Å². The lowest BCUT2D eigenvalue weighted by molar-refractivity contribution is 0.101. The van der Waals surface area contributed by atoms with E-state index in [-0.39, 0.29) is 18.7 Å². The Bertz CT molecular complexity index is 1090. The molecule has 8 heteroatoms. The van der Waals surface area contributed by atoms with E-state index in [1.165, 1.54) is 0 Å². The van der Waals surface area contributed by atoms with Crippen LogP contribution in [0.2, 0.25) is 0 Å². The summed E-state index contributed by atoms with van der Waals surface area (Å²) in [5, 5.41) is 7.50. The molecule has 0 aliphatic carbocycles. The van der Waals surface area contributed by atoms with Gasteiger partial charge in [0.25, 0.3) is 5.91 Å². The zero-order valence-electron chi connectivity index (χ0n) is 18.6. The van der Waals surface area contributed by atoms with Gasteiger partial charge in [0, 0.05) is 30.8 Å². The first kappa shape index (κ1) is 21.3. The molecule has 3 aromatic rings. The van der Waals surface area contributed by atoms with E-state index in [9.17, 15) is 4.79 Å². The molecule has 0 bridgehead atoms. The van der Waals surface area contributed by atoms with Gasteiger partial charge in [0.05, 0.1) is 12.2 Å². The van der Waals surface area contributed by atoms with Gasteiger partial charge in [-0.2, -0.15) is 5.10 Å². The van der Waals surface area contributed by atoms with E-state index in [2.05, 4.69) is 22.2 Å². The Morgan fingerprint density at radius 3 is 2.73 bits per heavy atom. The van der Waals surface area contributed by atoms with Crippen LogP contribution < -0.4 is 19.5 Å². The van der Waals surface area contributed by atoms with E-state index in [0.717, 1.165) is 31.7 Å². The monoisotopic (exact) mass is 448 g/mol. The third-order valence-electron chi connectivity index (χ3n) is 6.25. The molecule has 1 amide bonds. The van der Waals surface area contributed by atoms with Crippen LogP contribution in [0.4, 0.5) is 5.82 Å². The van der Waals surface area contributed by atoms with Crippen molar-refractivity contribution >= 4 is 11.7 Å². The molecule has 172 valence electrons. The summed E-state index contributed by atoms with van der Waals surface area (Å²) in [5.41, 5.74) is 0.522. The van der Waals surface area contributed by atoms with Gasteiger partial charge in [0.2, 0.25) is 6.79 Å². The Labute approximate surface area is 193 Å². The number of anilines is 1. The molecule has 0 radical (unpaired) electrons. The van der Waals surface area contributed by atoms with Crippen LogP contribution in [0.1, 0.15) is 36.2 Å². The smallest absolute Gasteiger partial charge is 0.256 e. The van der Waals surface area contributed by atoms with Gasteiger partial charge >= 0.3 is 0 Å². The third kappa shape index (κ3) is 4.80. The summed E-state index contributed by atoms with van der Waals surface area (Å²) in [7, 11) is 0. The van der Waals surface area contributed by atoms with E-state index >= 15 is 0 Å². The van der Waals surface area contributed by atoms with Crippen LogP contribution in [0, 0.1) is 0 Å². The first-order valence-electron chi connectivity index (χ1n) is 11.3. The van der Waals surface area contributed by atoms with Gasteiger partial charge in [-0.25, -0.2) is 4.68 Å². The lowest BCUT2D eigenvalue weighted by Gasteiger charge is -2.36. The number of rotatable bonds is 7. The number of nitrogens with zero attached hydrogens (tertiary/aromatic N) is 3. The summed E-state index contributed by atoms with van der Waals surface area (Å²) in [4.78, 5) is 15.3. The number of aromatic nitrogens is 2. The SMILES string of the molecule is C[C@@H](COc1ccccc1)N1CCC(n2nccc2NC(=O)c2ccc3c(c2)OCO3)CC1.